The van der Waals surface area contributed by atoms with E-state index in [-0.39, 0.29) is 24.3 Å². The molecule has 2 rings (SSSR count). The predicted octanol–water partition coefficient (Wildman–Crippen LogP) is 0.966. The van der Waals surface area contributed by atoms with Crippen molar-refractivity contribution in [2.24, 2.45) is 5.73 Å². The van der Waals surface area contributed by atoms with Crippen molar-refractivity contribution in [1.29, 1.82) is 0 Å². The van der Waals surface area contributed by atoms with Crippen molar-refractivity contribution in [2.75, 3.05) is 11.9 Å². The van der Waals surface area contributed by atoms with E-state index in [9.17, 15) is 9.59 Å². The molecule has 1 aromatic rings. The highest BCUT2D eigenvalue weighted by Gasteiger charge is 2.26. The van der Waals surface area contributed by atoms with Gasteiger partial charge in [-0.25, -0.2) is 0 Å². The summed E-state index contributed by atoms with van der Waals surface area (Å²) in [6.45, 7) is 2.56. The molecule has 0 aliphatic carbocycles. The average Bonchev–Trinajstić information content (AvgIpc) is 2.36. The van der Waals surface area contributed by atoms with Crippen LogP contribution in [0.15, 0.2) is 24.3 Å². The molecule has 0 saturated carbocycles. The quantitative estimate of drug-likeness (QED) is 0.755. The fourth-order valence-electron chi connectivity index (χ4n) is 2.44. The first-order valence-electron chi connectivity index (χ1n) is 6.49. The second kappa shape index (κ2) is 5.73. The second-order valence-corrected chi connectivity index (χ2v) is 4.94. The molecule has 5 nitrogen and oxygen atoms in total. The van der Waals surface area contributed by atoms with Crippen LogP contribution in [-0.4, -0.2) is 24.4 Å². The summed E-state index contributed by atoms with van der Waals surface area (Å²) in [6, 6.07) is 7.58. The van der Waals surface area contributed by atoms with E-state index in [1.54, 1.807) is 6.92 Å². The average molecular weight is 261 g/mol. The van der Waals surface area contributed by atoms with Crippen molar-refractivity contribution in [3.8, 4) is 0 Å². The fourth-order valence-corrected chi connectivity index (χ4v) is 2.44. The van der Waals surface area contributed by atoms with Crippen LogP contribution >= 0.6 is 0 Å². The molecule has 0 fully saturated rings. The minimum absolute atomic E-state index is 0.0392. The third-order valence-corrected chi connectivity index (χ3v) is 3.30. The van der Waals surface area contributed by atoms with Gasteiger partial charge in [0.2, 0.25) is 11.8 Å². The minimum Gasteiger partial charge on any atom is -0.385 e. The van der Waals surface area contributed by atoms with E-state index in [0.717, 1.165) is 24.2 Å². The summed E-state index contributed by atoms with van der Waals surface area (Å²) in [5.41, 5.74) is 7.15. The Morgan fingerprint density at radius 2 is 2.21 bits per heavy atom. The molecule has 0 spiro atoms. The molecule has 0 aromatic heterocycles. The largest absolute Gasteiger partial charge is 0.385 e. The summed E-state index contributed by atoms with van der Waals surface area (Å²) < 4.78 is 0. The predicted molar refractivity (Wildman–Crippen MR) is 73.7 cm³/mol. The fraction of sp³-hybridized carbons (Fsp3) is 0.429. The SMILES string of the molecule is CC(CC(N)=O)NC(=O)C1CCNc2ccccc21. The summed E-state index contributed by atoms with van der Waals surface area (Å²) >= 11 is 0. The summed E-state index contributed by atoms with van der Waals surface area (Å²) in [5.74, 6) is -0.603. The number of amides is 2. The topological polar surface area (TPSA) is 84.2 Å². The van der Waals surface area contributed by atoms with Crippen LogP contribution in [0.25, 0.3) is 0 Å². The number of anilines is 1. The van der Waals surface area contributed by atoms with E-state index in [1.807, 2.05) is 24.3 Å². The van der Waals surface area contributed by atoms with Crippen LogP contribution in [0.1, 0.15) is 31.2 Å². The number of fused-ring (bicyclic) bond motifs is 1. The minimum atomic E-state index is -0.404. The lowest BCUT2D eigenvalue weighted by Crippen LogP contribution is -2.40. The number of nitrogens with one attached hydrogen (secondary N) is 2. The van der Waals surface area contributed by atoms with E-state index >= 15 is 0 Å². The first-order valence-corrected chi connectivity index (χ1v) is 6.49. The van der Waals surface area contributed by atoms with Gasteiger partial charge >= 0.3 is 0 Å². The molecule has 0 radical (unpaired) electrons. The highest BCUT2D eigenvalue weighted by molar-refractivity contribution is 5.87. The lowest BCUT2D eigenvalue weighted by molar-refractivity contribution is -0.123. The van der Waals surface area contributed by atoms with Crippen LogP contribution in [0, 0.1) is 0 Å². The molecular weight excluding hydrogens is 242 g/mol. The molecule has 0 bridgehead atoms. The number of benzene rings is 1. The molecule has 19 heavy (non-hydrogen) atoms. The van der Waals surface area contributed by atoms with Gasteiger partial charge in [-0.1, -0.05) is 18.2 Å². The first kappa shape index (κ1) is 13.4. The monoisotopic (exact) mass is 261 g/mol. The van der Waals surface area contributed by atoms with Crippen molar-refractivity contribution in [2.45, 2.75) is 31.7 Å². The standard InChI is InChI=1S/C14H19N3O2/c1-9(8-13(15)18)17-14(19)11-6-7-16-12-5-3-2-4-10(11)12/h2-5,9,11,16H,6-8H2,1H3,(H2,15,18)(H,17,19). The zero-order chi connectivity index (χ0) is 13.8. The van der Waals surface area contributed by atoms with Gasteiger partial charge in [0.05, 0.1) is 5.92 Å². The van der Waals surface area contributed by atoms with E-state index in [2.05, 4.69) is 10.6 Å². The molecule has 5 heteroatoms. The Kier molecular flexibility index (Phi) is 4.04. The molecule has 0 saturated heterocycles. The normalized spacial score (nSPS) is 18.9. The van der Waals surface area contributed by atoms with Gasteiger partial charge in [-0.15, -0.1) is 0 Å². The number of hydrogen-bond donors (Lipinski definition) is 3. The summed E-state index contributed by atoms with van der Waals surface area (Å²) in [6.07, 6.45) is 0.921. The molecule has 2 atom stereocenters. The summed E-state index contributed by atoms with van der Waals surface area (Å²) in [5, 5.41) is 6.13. The van der Waals surface area contributed by atoms with Gasteiger partial charge in [-0.2, -0.15) is 0 Å². The Morgan fingerprint density at radius 3 is 2.95 bits per heavy atom. The number of primary amides is 1. The van der Waals surface area contributed by atoms with Crippen LogP contribution in [0.3, 0.4) is 0 Å². The maximum absolute atomic E-state index is 12.3. The van der Waals surface area contributed by atoms with Crippen molar-refractivity contribution in [3.05, 3.63) is 29.8 Å². The van der Waals surface area contributed by atoms with Crippen LogP contribution < -0.4 is 16.4 Å². The summed E-state index contributed by atoms with van der Waals surface area (Å²) in [4.78, 5) is 23.1. The van der Waals surface area contributed by atoms with Crippen molar-refractivity contribution < 1.29 is 9.59 Å². The number of carbonyl (C=O) groups is 2. The summed E-state index contributed by atoms with van der Waals surface area (Å²) in [7, 11) is 0. The molecule has 1 aromatic carbocycles. The van der Waals surface area contributed by atoms with Crippen LogP contribution in [0.5, 0.6) is 0 Å². The smallest absolute Gasteiger partial charge is 0.227 e. The molecular formula is C14H19N3O2. The maximum atomic E-state index is 12.3. The lowest BCUT2D eigenvalue weighted by Gasteiger charge is -2.27. The van der Waals surface area contributed by atoms with Gasteiger partial charge < -0.3 is 16.4 Å². The number of carbonyl (C=O) groups excluding carboxylic acids is 2. The van der Waals surface area contributed by atoms with Gasteiger partial charge in [0.1, 0.15) is 0 Å². The first-order chi connectivity index (χ1) is 9.08. The lowest BCUT2D eigenvalue weighted by atomic mass is 9.90. The molecule has 102 valence electrons. The van der Waals surface area contributed by atoms with E-state index in [1.165, 1.54) is 0 Å². The highest BCUT2D eigenvalue weighted by Crippen LogP contribution is 2.31. The Hall–Kier alpha value is -2.04. The number of hydrogen-bond acceptors (Lipinski definition) is 3. The van der Waals surface area contributed by atoms with Crippen molar-refractivity contribution in [3.63, 3.8) is 0 Å². The van der Waals surface area contributed by atoms with Gasteiger partial charge in [0, 0.05) is 24.7 Å². The van der Waals surface area contributed by atoms with Gasteiger partial charge in [-0.05, 0) is 25.0 Å². The molecule has 4 N–H and O–H groups in total. The number of rotatable bonds is 4. The molecule has 2 amide bonds. The Balaban J connectivity index is 2.06. The van der Waals surface area contributed by atoms with Gasteiger partial charge in [0.25, 0.3) is 0 Å². The Bertz CT molecular complexity index is 487. The Labute approximate surface area is 112 Å². The van der Waals surface area contributed by atoms with Crippen molar-refractivity contribution >= 4 is 17.5 Å². The molecule has 1 aliphatic heterocycles. The van der Waals surface area contributed by atoms with E-state index in [0.29, 0.717) is 0 Å². The third kappa shape index (κ3) is 3.24. The van der Waals surface area contributed by atoms with Crippen LogP contribution in [0.4, 0.5) is 5.69 Å². The second-order valence-electron chi connectivity index (χ2n) is 4.94. The van der Waals surface area contributed by atoms with Gasteiger partial charge in [-0.3, -0.25) is 9.59 Å². The van der Waals surface area contributed by atoms with Crippen LogP contribution in [0.2, 0.25) is 0 Å². The molecule has 2 unspecified atom stereocenters. The van der Waals surface area contributed by atoms with Crippen LogP contribution in [-0.2, 0) is 9.59 Å². The number of nitrogens with two attached hydrogens (primary N) is 1. The third-order valence-electron chi connectivity index (χ3n) is 3.30. The molecule has 1 heterocycles. The molecule has 1 aliphatic rings. The number of para-hydroxylation sites is 1. The Morgan fingerprint density at radius 1 is 1.47 bits per heavy atom. The van der Waals surface area contributed by atoms with Gasteiger partial charge in [0.15, 0.2) is 0 Å². The zero-order valence-electron chi connectivity index (χ0n) is 11.0. The van der Waals surface area contributed by atoms with Crippen molar-refractivity contribution in [1.82, 2.24) is 5.32 Å². The van der Waals surface area contributed by atoms with E-state index < -0.39 is 5.91 Å². The highest BCUT2D eigenvalue weighted by atomic mass is 16.2. The van der Waals surface area contributed by atoms with E-state index in [4.69, 9.17) is 5.73 Å². The zero-order valence-corrected chi connectivity index (χ0v) is 11.0. The maximum Gasteiger partial charge on any atom is 0.227 e.